The summed E-state index contributed by atoms with van der Waals surface area (Å²) in [5.74, 6) is 0. The highest BCUT2D eigenvalue weighted by molar-refractivity contribution is 5.83. The summed E-state index contributed by atoms with van der Waals surface area (Å²) in [5.41, 5.74) is 8.64. The Hall–Kier alpha value is -2.68. The average Bonchev–Trinajstić information content (AvgIpc) is 2.70. The second kappa shape index (κ2) is 7.69. The molecule has 0 aliphatic heterocycles. The normalized spacial score (nSPS) is 12.5. The van der Waals surface area contributed by atoms with Crippen molar-refractivity contribution >= 4 is 21.5 Å². The van der Waals surface area contributed by atoms with E-state index in [-0.39, 0.29) is 6.04 Å². The van der Waals surface area contributed by atoms with E-state index in [2.05, 4.69) is 90.2 Å². The molecule has 4 aromatic rings. The third-order valence-corrected chi connectivity index (χ3v) is 4.99. The zero-order valence-corrected chi connectivity index (χ0v) is 14.9. The van der Waals surface area contributed by atoms with E-state index >= 15 is 0 Å². The third kappa shape index (κ3) is 3.77. The second-order valence-electron chi connectivity index (χ2n) is 6.88. The van der Waals surface area contributed by atoms with Crippen molar-refractivity contribution in [1.29, 1.82) is 0 Å². The van der Waals surface area contributed by atoms with Crippen molar-refractivity contribution in [2.24, 2.45) is 5.73 Å². The van der Waals surface area contributed by atoms with Gasteiger partial charge in [0.25, 0.3) is 0 Å². The van der Waals surface area contributed by atoms with Crippen LogP contribution in [0.3, 0.4) is 0 Å². The van der Waals surface area contributed by atoms with Gasteiger partial charge in [-0.1, -0.05) is 78.9 Å². The van der Waals surface area contributed by atoms with Crippen LogP contribution >= 0.6 is 0 Å². The van der Waals surface area contributed by atoms with Crippen LogP contribution in [0.4, 0.5) is 0 Å². The van der Waals surface area contributed by atoms with Gasteiger partial charge in [-0.15, -0.1) is 0 Å². The number of hydrogen-bond acceptors (Lipinski definition) is 2. The van der Waals surface area contributed by atoms with E-state index in [1.54, 1.807) is 0 Å². The van der Waals surface area contributed by atoms with Crippen LogP contribution in [0.25, 0.3) is 21.5 Å². The lowest BCUT2D eigenvalue weighted by atomic mass is 10.0. The fourth-order valence-corrected chi connectivity index (χ4v) is 3.50. The summed E-state index contributed by atoms with van der Waals surface area (Å²) >= 11 is 0. The predicted octanol–water partition coefficient (Wildman–Crippen LogP) is 4.65. The topological polar surface area (TPSA) is 38.0 Å². The zero-order valence-electron chi connectivity index (χ0n) is 14.9. The van der Waals surface area contributed by atoms with Crippen LogP contribution in [0.2, 0.25) is 0 Å². The van der Waals surface area contributed by atoms with Gasteiger partial charge in [0.1, 0.15) is 0 Å². The summed E-state index contributed by atoms with van der Waals surface area (Å²) in [4.78, 5) is 0. The van der Waals surface area contributed by atoms with Crippen LogP contribution < -0.4 is 11.1 Å². The molecular weight excluding hydrogens is 316 g/mol. The van der Waals surface area contributed by atoms with Gasteiger partial charge in [-0.05, 0) is 45.2 Å². The molecule has 0 spiro atoms. The number of benzene rings is 4. The highest BCUT2D eigenvalue weighted by Crippen LogP contribution is 2.18. The van der Waals surface area contributed by atoms with Crippen molar-refractivity contribution in [3.63, 3.8) is 0 Å². The largest absolute Gasteiger partial charge is 0.329 e. The molecule has 26 heavy (non-hydrogen) atoms. The summed E-state index contributed by atoms with van der Waals surface area (Å²) in [7, 11) is 0. The van der Waals surface area contributed by atoms with Gasteiger partial charge in [0.15, 0.2) is 0 Å². The number of nitrogens with two attached hydrogens (primary N) is 1. The number of nitrogens with one attached hydrogen (secondary N) is 1. The van der Waals surface area contributed by atoms with Gasteiger partial charge in [0, 0.05) is 19.1 Å². The van der Waals surface area contributed by atoms with Gasteiger partial charge < -0.3 is 11.1 Å². The number of rotatable bonds is 6. The van der Waals surface area contributed by atoms with Crippen LogP contribution in [-0.4, -0.2) is 12.6 Å². The van der Waals surface area contributed by atoms with Crippen molar-refractivity contribution in [3.05, 3.63) is 96.1 Å². The van der Waals surface area contributed by atoms with Crippen LogP contribution in [0, 0.1) is 0 Å². The van der Waals surface area contributed by atoms with E-state index in [9.17, 15) is 0 Å². The first kappa shape index (κ1) is 16.8. The molecule has 3 N–H and O–H groups in total. The highest BCUT2D eigenvalue weighted by Gasteiger charge is 2.08. The Morgan fingerprint density at radius 2 is 1.19 bits per heavy atom. The minimum Gasteiger partial charge on any atom is -0.329 e. The summed E-state index contributed by atoms with van der Waals surface area (Å²) in [6.07, 6.45) is 0.939. The lowest BCUT2D eigenvalue weighted by molar-refractivity contribution is 0.516. The molecule has 1 atom stereocenters. The molecule has 0 heterocycles. The molecule has 0 fully saturated rings. The third-order valence-electron chi connectivity index (χ3n) is 4.99. The molecule has 0 saturated carbocycles. The second-order valence-corrected chi connectivity index (χ2v) is 6.88. The van der Waals surface area contributed by atoms with Crippen molar-refractivity contribution in [2.75, 3.05) is 6.54 Å². The van der Waals surface area contributed by atoms with Crippen molar-refractivity contribution in [1.82, 2.24) is 5.32 Å². The maximum absolute atomic E-state index is 6.03. The maximum Gasteiger partial charge on any atom is 0.0233 e. The van der Waals surface area contributed by atoms with Crippen LogP contribution in [0.1, 0.15) is 11.1 Å². The number of hydrogen-bond donors (Lipinski definition) is 2. The monoisotopic (exact) mass is 340 g/mol. The summed E-state index contributed by atoms with van der Waals surface area (Å²) in [6.45, 7) is 1.46. The van der Waals surface area contributed by atoms with E-state index < -0.39 is 0 Å². The van der Waals surface area contributed by atoms with E-state index in [1.165, 1.54) is 32.7 Å². The first-order valence-electron chi connectivity index (χ1n) is 9.20. The summed E-state index contributed by atoms with van der Waals surface area (Å²) in [5, 5.41) is 8.75. The molecule has 4 rings (SSSR count). The Balaban J connectivity index is 1.44. The molecule has 130 valence electrons. The molecule has 0 aromatic heterocycles. The van der Waals surface area contributed by atoms with Crippen LogP contribution in [-0.2, 0) is 13.0 Å². The standard InChI is InChI=1S/C24H24N2/c25-16-24(15-18-9-11-20-5-1-3-7-22(20)13-18)26-17-19-10-12-21-6-2-4-8-23(21)14-19/h1-14,24,26H,15-17,25H2. The van der Waals surface area contributed by atoms with Crippen molar-refractivity contribution < 1.29 is 0 Å². The van der Waals surface area contributed by atoms with Crippen LogP contribution in [0.15, 0.2) is 84.9 Å². The van der Waals surface area contributed by atoms with E-state index in [4.69, 9.17) is 5.73 Å². The molecule has 0 radical (unpaired) electrons. The lowest BCUT2D eigenvalue weighted by Gasteiger charge is -2.17. The highest BCUT2D eigenvalue weighted by atomic mass is 14.9. The minimum atomic E-state index is 0.266. The molecule has 2 heteroatoms. The Labute approximate surface area is 154 Å². The Kier molecular flexibility index (Phi) is 4.96. The molecule has 2 nitrogen and oxygen atoms in total. The molecule has 0 aliphatic rings. The van der Waals surface area contributed by atoms with Gasteiger partial charge in [0.2, 0.25) is 0 Å². The molecule has 0 saturated heterocycles. The fraction of sp³-hybridized carbons (Fsp3) is 0.167. The van der Waals surface area contributed by atoms with Crippen LogP contribution in [0.5, 0.6) is 0 Å². The van der Waals surface area contributed by atoms with Gasteiger partial charge in [-0.3, -0.25) is 0 Å². The van der Waals surface area contributed by atoms with Gasteiger partial charge >= 0.3 is 0 Å². The fourth-order valence-electron chi connectivity index (χ4n) is 3.50. The quantitative estimate of drug-likeness (QED) is 0.536. The molecular formula is C24H24N2. The smallest absolute Gasteiger partial charge is 0.0233 e. The van der Waals surface area contributed by atoms with Crippen molar-refractivity contribution in [3.8, 4) is 0 Å². The molecule has 4 aromatic carbocycles. The van der Waals surface area contributed by atoms with E-state index in [0.717, 1.165) is 13.0 Å². The molecule has 0 bridgehead atoms. The van der Waals surface area contributed by atoms with E-state index in [0.29, 0.717) is 6.54 Å². The summed E-state index contributed by atoms with van der Waals surface area (Å²) in [6, 6.07) is 30.5. The Bertz CT molecular complexity index is 1020. The number of fused-ring (bicyclic) bond motifs is 2. The van der Waals surface area contributed by atoms with E-state index in [1.807, 2.05) is 0 Å². The predicted molar refractivity (Wildman–Crippen MR) is 111 cm³/mol. The molecule has 1 unspecified atom stereocenters. The maximum atomic E-state index is 6.03. The van der Waals surface area contributed by atoms with Gasteiger partial charge in [-0.25, -0.2) is 0 Å². The first-order valence-corrected chi connectivity index (χ1v) is 9.20. The van der Waals surface area contributed by atoms with Crippen molar-refractivity contribution in [2.45, 2.75) is 19.0 Å². The average molecular weight is 340 g/mol. The van der Waals surface area contributed by atoms with Gasteiger partial charge in [0.05, 0.1) is 0 Å². The molecule has 0 amide bonds. The van der Waals surface area contributed by atoms with Gasteiger partial charge in [-0.2, -0.15) is 0 Å². The Morgan fingerprint density at radius 1 is 0.654 bits per heavy atom. The zero-order chi connectivity index (χ0) is 17.8. The lowest BCUT2D eigenvalue weighted by Crippen LogP contribution is -2.37. The summed E-state index contributed by atoms with van der Waals surface area (Å²) < 4.78 is 0. The Morgan fingerprint density at radius 3 is 1.81 bits per heavy atom. The molecule has 0 aliphatic carbocycles. The first-order chi connectivity index (χ1) is 12.8. The minimum absolute atomic E-state index is 0.266. The SMILES string of the molecule is NCC(Cc1ccc2ccccc2c1)NCc1ccc2ccccc2c1.